The van der Waals surface area contributed by atoms with Gasteiger partial charge in [-0.2, -0.15) is 0 Å². The largest absolute Gasteiger partial charge is 0.295 e. The molecule has 0 saturated carbocycles. The molecule has 146 valence electrons. The van der Waals surface area contributed by atoms with Crippen molar-refractivity contribution in [3.63, 3.8) is 0 Å². The molecular formula is C22H34ClNO2. The number of nitrogens with one attached hydrogen (secondary N) is 1. The fourth-order valence-electron chi connectivity index (χ4n) is 2.19. The lowest BCUT2D eigenvalue weighted by atomic mass is 10.2. The van der Waals surface area contributed by atoms with Gasteiger partial charge in [-0.05, 0) is 44.9 Å². The Hall–Kier alpha value is -1.61. The maximum absolute atomic E-state index is 11.3. The number of hydrogen-bond donors (Lipinski definition) is 1. The Balaban J connectivity index is 3.51. The number of amides is 2. The molecule has 0 aromatic carbocycles. The van der Waals surface area contributed by atoms with Crippen molar-refractivity contribution in [2.75, 3.05) is 5.88 Å². The average Bonchev–Trinajstić information content (AvgIpc) is 2.64. The van der Waals surface area contributed by atoms with Crippen molar-refractivity contribution in [3.8, 4) is 0 Å². The van der Waals surface area contributed by atoms with E-state index in [2.05, 4.69) is 60.8 Å². The quantitative estimate of drug-likeness (QED) is 0.215. The first-order chi connectivity index (χ1) is 12.7. The smallest absolute Gasteiger partial charge is 0.241 e. The second-order valence-corrected chi connectivity index (χ2v) is 6.35. The van der Waals surface area contributed by atoms with Gasteiger partial charge in [-0.15, -0.1) is 11.6 Å². The molecule has 0 aliphatic carbocycles. The highest BCUT2D eigenvalue weighted by Gasteiger charge is 2.04. The lowest BCUT2D eigenvalue weighted by Gasteiger charge is -1.99. The van der Waals surface area contributed by atoms with Crippen LogP contribution in [0.25, 0.3) is 0 Å². The minimum absolute atomic E-state index is 0.178. The summed E-state index contributed by atoms with van der Waals surface area (Å²) >= 11 is 5.31. The summed E-state index contributed by atoms with van der Waals surface area (Å²) in [6, 6.07) is 0. The molecule has 0 rings (SSSR count). The molecule has 0 fully saturated rings. The van der Waals surface area contributed by atoms with Crippen molar-refractivity contribution in [2.45, 2.75) is 71.1 Å². The lowest BCUT2D eigenvalue weighted by Crippen LogP contribution is -2.30. The normalized spacial score (nSPS) is 12.1. The topological polar surface area (TPSA) is 46.2 Å². The number of allylic oxidation sites excluding steroid dienone is 8. The maximum Gasteiger partial charge on any atom is 0.241 e. The van der Waals surface area contributed by atoms with Gasteiger partial charge in [0.15, 0.2) is 0 Å². The predicted molar refractivity (Wildman–Crippen MR) is 112 cm³/mol. The SMILES string of the molecule is CCCCC/C=C\C/C=C\C/C=C\C/C=C\CCCC(=O)NC(=O)CCl. The van der Waals surface area contributed by atoms with Crippen LogP contribution >= 0.6 is 11.6 Å². The molecule has 0 unspecified atom stereocenters. The number of unbranched alkanes of at least 4 members (excludes halogenated alkanes) is 4. The molecule has 0 heterocycles. The van der Waals surface area contributed by atoms with E-state index in [9.17, 15) is 9.59 Å². The highest BCUT2D eigenvalue weighted by atomic mass is 35.5. The molecule has 0 aliphatic rings. The summed E-state index contributed by atoms with van der Waals surface area (Å²) in [6.45, 7) is 2.23. The molecule has 4 heteroatoms. The Labute approximate surface area is 164 Å². The van der Waals surface area contributed by atoms with Gasteiger partial charge in [-0.3, -0.25) is 14.9 Å². The van der Waals surface area contributed by atoms with Gasteiger partial charge in [0.2, 0.25) is 11.8 Å². The Bertz CT molecular complexity index is 479. The van der Waals surface area contributed by atoms with Crippen LogP contribution in [0.2, 0.25) is 0 Å². The molecular weight excluding hydrogens is 346 g/mol. The number of halogens is 1. The summed E-state index contributed by atoms with van der Waals surface area (Å²) in [4.78, 5) is 22.2. The third-order valence-corrected chi connectivity index (χ3v) is 3.88. The van der Waals surface area contributed by atoms with Crippen LogP contribution in [0.4, 0.5) is 0 Å². The fourth-order valence-corrected chi connectivity index (χ4v) is 2.26. The number of carbonyl (C=O) groups excluding carboxylic acids is 2. The first-order valence-electron chi connectivity index (χ1n) is 9.69. The molecule has 1 N–H and O–H groups in total. The van der Waals surface area contributed by atoms with E-state index in [4.69, 9.17) is 11.6 Å². The van der Waals surface area contributed by atoms with Crippen LogP contribution in [-0.2, 0) is 9.59 Å². The van der Waals surface area contributed by atoms with Crippen LogP contribution in [0.15, 0.2) is 48.6 Å². The van der Waals surface area contributed by atoms with Crippen LogP contribution in [0.3, 0.4) is 0 Å². The fraction of sp³-hybridized carbons (Fsp3) is 0.545. The Morgan fingerprint density at radius 3 is 1.73 bits per heavy atom. The average molecular weight is 380 g/mol. The molecule has 0 spiro atoms. The predicted octanol–water partition coefficient (Wildman–Crippen LogP) is 6.01. The van der Waals surface area contributed by atoms with Crippen molar-refractivity contribution in [1.82, 2.24) is 5.32 Å². The van der Waals surface area contributed by atoms with Gasteiger partial charge in [-0.1, -0.05) is 68.4 Å². The summed E-state index contributed by atoms with van der Waals surface area (Å²) in [6.07, 6.45) is 27.3. The van der Waals surface area contributed by atoms with Gasteiger partial charge in [-0.25, -0.2) is 0 Å². The summed E-state index contributed by atoms with van der Waals surface area (Å²) in [5, 5.41) is 2.23. The molecule has 0 saturated heterocycles. The van der Waals surface area contributed by atoms with Gasteiger partial charge in [0.05, 0.1) is 0 Å². The van der Waals surface area contributed by atoms with E-state index in [-0.39, 0.29) is 11.8 Å². The second-order valence-electron chi connectivity index (χ2n) is 6.09. The molecule has 0 aromatic heterocycles. The maximum atomic E-state index is 11.3. The van der Waals surface area contributed by atoms with Crippen molar-refractivity contribution >= 4 is 23.4 Å². The van der Waals surface area contributed by atoms with Gasteiger partial charge < -0.3 is 0 Å². The van der Waals surface area contributed by atoms with Crippen molar-refractivity contribution < 1.29 is 9.59 Å². The van der Waals surface area contributed by atoms with E-state index in [1.165, 1.54) is 25.7 Å². The molecule has 0 aromatic rings. The van der Waals surface area contributed by atoms with E-state index in [1.807, 2.05) is 0 Å². The monoisotopic (exact) mass is 379 g/mol. The summed E-state index contributed by atoms with van der Waals surface area (Å²) in [7, 11) is 0. The van der Waals surface area contributed by atoms with Crippen LogP contribution in [0.5, 0.6) is 0 Å². The third kappa shape index (κ3) is 18.7. The van der Waals surface area contributed by atoms with E-state index >= 15 is 0 Å². The number of alkyl halides is 1. The van der Waals surface area contributed by atoms with Gasteiger partial charge in [0, 0.05) is 6.42 Å². The Morgan fingerprint density at radius 1 is 0.731 bits per heavy atom. The van der Waals surface area contributed by atoms with Crippen LogP contribution < -0.4 is 5.32 Å². The standard InChI is InChI=1S/C22H34ClNO2/c1-2-3-4-5-6-7-8-9-10-11-12-13-14-15-16-17-18-19-21(25)24-22(26)20-23/h6-7,9-10,12-13,15-16H,2-5,8,11,14,17-20H2,1H3,(H,24,25,26)/b7-6-,10-9-,13-12-,16-15-. The number of rotatable bonds is 15. The highest BCUT2D eigenvalue weighted by molar-refractivity contribution is 6.28. The van der Waals surface area contributed by atoms with E-state index < -0.39 is 5.91 Å². The van der Waals surface area contributed by atoms with Gasteiger partial charge >= 0.3 is 0 Å². The van der Waals surface area contributed by atoms with Gasteiger partial charge in [0.25, 0.3) is 0 Å². The molecule has 0 atom stereocenters. The molecule has 0 bridgehead atoms. The van der Waals surface area contributed by atoms with Crippen LogP contribution in [0.1, 0.15) is 71.1 Å². The summed E-state index contributed by atoms with van der Waals surface area (Å²) < 4.78 is 0. The number of imide groups is 1. The van der Waals surface area contributed by atoms with Crippen LogP contribution in [0, 0.1) is 0 Å². The van der Waals surface area contributed by atoms with Crippen molar-refractivity contribution in [1.29, 1.82) is 0 Å². The lowest BCUT2D eigenvalue weighted by molar-refractivity contribution is -0.129. The highest BCUT2D eigenvalue weighted by Crippen LogP contribution is 2.01. The zero-order valence-corrected chi connectivity index (χ0v) is 16.8. The zero-order valence-electron chi connectivity index (χ0n) is 16.1. The van der Waals surface area contributed by atoms with E-state index in [0.29, 0.717) is 6.42 Å². The Morgan fingerprint density at radius 2 is 1.23 bits per heavy atom. The molecule has 0 radical (unpaired) electrons. The minimum atomic E-state index is -0.436. The Kier molecular flexibility index (Phi) is 18.5. The molecule has 2 amide bonds. The summed E-state index contributed by atoms with van der Waals surface area (Å²) in [5.74, 6) is -0.871. The van der Waals surface area contributed by atoms with Crippen molar-refractivity contribution in [3.05, 3.63) is 48.6 Å². The van der Waals surface area contributed by atoms with Crippen LogP contribution in [-0.4, -0.2) is 17.7 Å². The second kappa shape index (κ2) is 19.7. The first-order valence-corrected chi connectivity index (χ1v) is 10.2. The molecule has 26 heavy (non-hydrogen) atoms. The molecule has 3 nitrogen and oxygen atoms in total. The first kappa shape index (κ1) is 24.4. The minimum Gasteiger partial charge on any atom is -0.295 e. The zero-order chi connectivity index (χ0) is 19.3. The number of hydrogen-bond acceptors (Lipinski definition) is 2. The number of carbonyl (C=O) groups is 2. The molecule has 0 aliphatic heterocycles. The third-order valence-electron chi connectivity index (χ3n) is 3.63. The summed E-state index contributed by atoms with van der Waals surface area (Å²) in [5.41, 5.74) is 0. The van der Waals surface area contributed by atoms with E-state index in [1.54, 1.807) is 0 Å². The van der Waals surface area contributed by atoms with Crippen molar-refractivity contribution in [2.24, 2.45) is 0 Å². The van der Waals surface area contributed by atoms with Gasteiger partial charge in [0.1, 0.15) is 5.88 Å². The van der Waals surface area contributed by atoms with E-state index in [0.717, 1.165) is 32.1 Å².